The van der Waals surface area contributed by atoms with Gasteiger partial charge >= 0.3 is 5.91 Å². The second kappa shape index (κ2) is 11.3. The van der Waals surface area contributed by atoms with E-state index in [4.69, 9.17) is 24.4 Å². The third-order valence-corrected chi connectivity index (χ3v) is 8.05. The summed E-state index contributed by atoms with van der Waals surface area (Å²) in [6.45, 7) is 7.05. The number of aliphatic hydroxyl groups is 1. The Morgan fingerprint density at radius 2 is 1.83 bits per heavy atom. The number of amides is 1. The number of carboxylic acids is 1. The molecule has 2 unspecified atom stereocenters. The maximum absolute atomic E-state index is 13.6. The Balaban J connectivity index is 0.000000830. The van der Waals surface area contributed by atoms with Gasteiger partial charge in [-0.15, -0.1) is 0 Å². The number of carbonyl (C=O) groups excluding carboxylic acids is 2. The molecule has 1 amide bonds. The number of thiazole rings is 1. The van der Waals surface area contributed by atoms with E-state index in [9.17, 15) is 14.7 Å². The molecule has 1 fully saturated rings. The Bertz CT molecular complexity index is 1770. The smallest absolute Gasteiger partial charge is 0.301 e. The molecule has 3 aromatic carbocycles. The van der Waals surface area contributed by atoms with Gasteiger partial charge in [-0.3, -0.25) is 19.3 Å². The van der Waals surface area contributed by atoms with Gasteiger partial charge in [0.15, 0.2) is 5.13 Å². The minimum Gasteiger partial charge on any atom is -0.507 e. The fourth-order valence-corrected chi connectivity index (χ4v) is 6.51. The van der Waals surface area contributed by atoms with Crippen molar-refractivity contribution in [3.05, 3.63) is 88.0 Å². The number of nitrogens with zero attached hydrogens (tertiary/aromatic N) is 2. The topological polar surface area (TPSA) is 126 Å². The first-order valence-corrected chi connectivity index (χ1v) is 14.1. The van der Waals surface area contributed by atoms with E-state index in [-0.39, 0.29) is 17.4 Å². The number of Topliss-reactive ketones (excluding diaryl/α,β-unsaturated/α-hetero) is 1. The first kappa shape index (κ1) is 28.8. The SMILES string of the molecule is CC(=O)O.COc1cccc(C2/C(=C(\O)c3ccc4c(c3)CC(C)O4)C(=O)C(=O)N2c2nc3c(C)cc(C)cc3s2)c1. The van der Waals surface area contributed by atoms with E-state index in [0.717, 1.165) is 39.6 Å². The Morgan fingerprint density at radius 3 is 2.55 bits per heavy atom. The van der Waals surface area contributed by atoms with Crippen molar-refractivity contribution < 1.29 is 34.1 Å². The lowest BCUT2D eigenvalue weighted by molar-refractivity contribution is -0.134. The average molecular weight is 587 g/mol. The second-order valence-electron chi connectivity index (χ2n) is 10.3. The Morgan fingerprint density at radius 1 is 1.10 bits per heavy atom. The number of hydrogen-bond acceptors (Lipinski definition) is 8. The van der Waals surface area contributed by atoms with Crippen LogP contribution in [0.5, 0.6) is 11.5 Å². The first-order chi connectivity index (χ1) is 20.0. The number of ether oxygens (including phenoxy) is 2. The number of anilines is 1. The summed E-state index contributed by atoms with van der Waals surface area (Å²) in [6.07, 6.45) is 0.741. The minimum atomic E-state index is -0.879. The fraction of sp³-hybridized carbons (Fsp3) is 0.250. The zero-order valence-electron chi connectivity index (χ0n) is 23.8. The van der Waals surface area contributed by atoms with E-state index < -0.39 is 23.7 Å². The third-order valence-electron chi connectivity index (χ3n) is 7.05. The summed E-state index contributed by atoms with van der Waals surface area (Å²) in [5.41, 5.74) is 4.93. The molecule has 0 bridgehead atoms. The fourth-order valence-electron chi connectivity index (χ4n) is 5.34. The van der Waals surface area contributed by atoms with Crippen molar-refractivity contribution in [2.24, 2.45) is 0 Å². The molecule has 3 heterocycles. The molecule has 2 aliphatic heterocycles. The Hall–Kier alpha value is -4.70. The number of benzene rings is 3. The van der Waals surface area contributed by atoms with Gasteiger partial charge in [-0.2, -0.15) is 0 Å². The lowest BCUT2D eigenvalue weighted by Crippen LogP contribution is -2.29. The molecule has 9 nitrogen and oxygen atoms in total. The lowest BCUT2D eigenvalue weighted by atomic mass is 9.94. The van der Waals surface area contributed by atoms with Gasteiger partial charge in [0.2, 0.25) is 0 Å². The van der Waals surface area contributed by atoms with Crippen molar-refractivity contribution in [3.8, 4) is 11.5 Å². The van der Waals surface area contributed by atoms with Crippen molar-refractivity contribution in [3.63, 3.8) is 0 Å². The molecule has 0 spiro atoms. The van der Waals surface area contributed by atoms with E-state index in [2.05, 4.69) is 0 Å². The summed E-state index contributed by atoms with van der Waals surface area (Å²) < 4.78 is 12.2. The highest BCUT2D eigenvalue weighted by Crippen LogP contribution is 2.45. The molecule has 2 aliphatic rings. The van der Waals surface area contributed by atoms with Gasteiger partial charge in [-0.05, 0) is 79.4 Å². The van der Waals surface area contributed by atoms with Crippen LogP contribution < -0.4 is 14.4 Å². The number of rotatable bonds is 4. The average Bonchev–Trinajstić information content (AvgIpc) is 3.60. The minimum absolute atomic E-state index is 0.0160. The molecule has 1 aromatic heterocycles. The normalized spacial score (nSPS) is 18.8. The summed E-state index contributed by atoms with van der Waals surface area (Å²) in [6, 6.07) is 15.7. The molecule has 42 heavy (non-hydrogen) atoms. The van der Waals surface area contributed by atoms with Crippen LogP contribution >= 0.6 is 11.3 Å². The number of aliphatic carboxylic acids is 1. The van der Waals surface area contributed by atoms with Crippen LogP contribution in [0.25, 0.3) is 16.0 Å². The molecule has 2 N–H and O–H groups in total. The molecular weight excluding hydrogens is 556 g/mol. The van der Waals surface area contributed by atoms with E-state index in [1.807, 2.05) is 45.0 Å². The largest absolute Gasteiger partial charge is 0.507 e. The molecule has 1 saturated heterocycles. The predicted octanol–water partition coefficient (Wildman–Crippen LogP) is 5.96. The molecule has 6 rings (SSSR count). The van der Waals surface area contributed by atoms with Gasteiger partial charge in [0.1, 0.15) is 23.4 Å². The molecule has 0 radical (unpaired) electrons. The van der Waals surface area contributed by atoms with E-state index >= 15 is 0 Å². The van der Waals surface area contributed by atoms with Crippen LogP contribution in [0, 0.1) is 13.8 Å². The van der Waals surface area contributed by atoms with Crippen molar-refractivity contribution in [2.75, 3.05) is 12.0 Å². The number of aliphatic hydroxyl groups excluding tert-OH is 1. The molecular formula is C32H30N2O7S. The number of fused-ring (bicyclic) bond motifs is 2. The van der Waals surface area contributed by atoms with Gasteiger partial charge in [0.05, 0.1) is 28.9 Å². The highest BCUT2D eigenvalue weighted by Gasteiger charge is 2.48. The van der Waals surface area contributed by atoms with Crippen LogP contribution in [-0.4, -0.2) is 46.1 Å². The maximum Gasteiger partial charge on any atom is 0.301 e. The van der Waals surface area contributed by atoms with Gasteiger partial charge in [0, 0.05) is 18.9 Å². The van der Waals surface area contributed by atoms with Crippen LogP contribution in [0.3, 0.4) is 0 Å². The number of ketones is 1. The van der Waals surface area contributed by atoms with Crippen LogP contribution in [0.1, 0.15) is 47.7 Å². The summed E-state index contributed by atoms with van der Waals surface area (Å²) in [4.78, 5) is 42.4. The summed E-state index contributed by atoms with van der Waals surface area (Å²) in [5, 5.41) is 19.4. The molecule has 216 valence electrons. The molecule has 10 heteroatoms. The van der Waals surface area contributed by atoms with Gasteiger partial charge in [-0.25, -0.2) is 4.98 Å². The standard InChI is InChI=1S/C30H26N2O5S.C2H4O2/c1-15-10-16(2)25-23(11-15)38-30(31-25)32-26(18-6-5-7-21(14-18)36-4)24(28(34)29(32)35)27(33)19-8-9-22-20(13-19)12-17(3)37-22;1-2(3)4/h5-11,13-14,17,26,33H,12H2,1-4H3;1H3,(H,3,4)/b27-24+;. The van der Waals surface area contributed by atoms with E-state index in [1.165, 1.54) is 16.2 Å². The number of hydrogen-bond donors (Lipinski definition) is 2. The summed E-state index contributed by atoms with van der Waals surface area (Å²) in [5.74, 6) is -1.21. The number of aryl methyl sites for hydroxylation is 2. The Labute approximate surface area is 246 Å². The number of carboxylic acid groups (broad SMARTS) is 1. The number of methoxy groups -OCH3 is 1. The zero-order valence-corrected chi connectivity index (χ0v) is 24.6. The zero-order chi connectivity index (χ0) is 30.3. The lowest BCUT2D eigenvalue weighted by Gasteiger charge is -2.23. The van der Waals surface area contributed by atoms with Gasteiger partial charge in [-0.1, -0.05) is 29.5 Å². The van der Waals surface area contributed by atoms with E-state index in [1.54, 1.807) is 37.4 Å². The van der Waals surface area contributed by atoms with E-state index in [0.29, 0.717) is 28.4 Å². The summed E-state index contributed by atoms with van der Waals surface area (Å²) >= 11 is 1.35. The highest BCUT2D eigenvalue weighted by molar-refractivity contribution is 7.22. The van der Waals surface area contributed by atoms with Gasteiger partial charge < -0.3 is 19.7 Å². The molecule has 0 saturated carbocycles. The third kappa shape index (κ3) is 5.33. The van der Waals surface area contributed by atoms with Crippen LogP contribution in [0.15, 0.2) is 60.2 Å². The second-order valence-corrected chi connectivity index (χ2v) is 11.4. The highest BCUT2D eigenvalue weighted by atomic mass is 32.1. The van der Waals surface area contributed by atoms with Crippen molar-refractivity contribution in [1.82, 2.24) is 4.98 Å². The monoisotopic (exact) mass is 586 g/mol. The van der Waals surface area contributed by atoms with Crippen LogP contribution in [0.4, 0.5) is 5.13 Å². The first-order valence-electron chi connectivity index (χ1n) is 13.3. The van der Waals surface area contributed by atoms with Crippen molar-refractivity contribution in [1.29, 1.82) is 0 Å². The number of carbonyl (C=O) groups is 3. The van der Waals surface area contributed by atoms with Crippen LogP contribution in [-0.2, 0) is 20.8 Å². The van der Waals surface area contributed by atoms with Gasteiger partial charge in [0.25, 0.3) is 11.8 Å². The van der Waals surface area contributed by atoms with Crippen molar-refractivity contribution >= 4 is 50.1 Å². The Kier molecular flexibility index (Phi) is 7.74. The van der Waals surface area contributed by atoms with Crippen molar-refractivity contribution in [2.45, 2.75) is 46.3 Å². The quantitative estimate of drug-likeness (QED) is 0.170. The maximum atomic E-state index is 13.6. The molecule has 4 aromatic rings. The summed E-state index contributed by atoms with van der Waals surface area (Å²) in [7, 11) is 1.56. The number of aromatic nitrogens is 1. The molecule has 0 aliphatic carbocycles. The van der Waals surface area contributed by atoms with Crippen LogP contribution in [0.2, 0.25) is 0 Å². The predicted molar refractivity (Wildman–Crippen MR) is 160 cm³/mol. The molecule has 2 atom stereocenters.